The van der Waals surface area contributed by atoms with Crippen LogP contribution in [-0.4, -0.2) is 10.9 Å². The Labute approximate surface area is 114 Å². The van der Waals surface area contributed by atoms with Crippen molar-refractivity contribution in [3.63, 3.8) is 0 Å². The van der Waals surface area contributed by atoms with Crippen molar-refractivity contribution in [2.75, 3.05) is 0 Å². The Bertz CT molecular complexity index is 609. The van der Waals surface area contributed by atoms with E-state index in [4.69, 9.17) is 0 Å². The molecule has 0 fully saturated rings. The first-order valence-electron chi connectivity index (χ1n) is 5.75. The van der Waals surface area contributed by atoms with Gasteiger partial charge in [-0.3, -0.25) is 4.79 Å². The molecule has 0 saturated carbocycles. The van der Waals surface area contributed by atoms with Gasteiger partial charge in [0.15, 0.2) is 0 Å². The average Bonchev–Trinajstić information content (AvgIpc) is 2.88. The average molecular weight is 276 g/mol. The van der Waals surface area contributed by atoms with Gasteiger partial charge in [-0.15, -0.1) is 11.3 Å². The van der Waals surface area contributed by atoms with E-state index in [2.05, 4.69) is 16.9 Å². The summed E-state index contributed by atoms with van der Waals surface area (Å²) in [6, 6.07) is 6.26. The number of aromatic nitrogens is 1. The fourth-order valence-electron chi connectivity index (χ4n) is 1.59. The van der Waals surface area contributed by atoms with Gasteiger partial charge in [0.2, 0.25) is 5.91 Å². The summed E-state index contributed by atoms with van der Waals surface area (Å²) >= 11 is 1.35. The van der Waals surface area contributed by atoms with E-state index < -0.39 is 0 Å². The van der Waals surface area contributed by atoms with Crippen LogP contribution in [0.2, 0.25) is 0 Å². The predicted molar refractivity (Wildman–Crippen MR) is 74.3 cm³/mol. The molecule has 1 N–H and O–H groups in total. The van der Waals surface area contributed by atoms with E-state index >= 15 is 0 Å². The van der Waals surface area contributed by atoms with E-state index in [1.165, 1.54) is 23.5 Å². The maximum atomic E-state index is 13.6. The van der Waals surface area contributed by atoms with Gasteiger partial charge in [0.25, 0.3) is 0 Å². The molecule has 0 saturated heterocycles. The molecule has 0 aliphatic carbocycles. The normalized spacial score (nSPS) is 11.9. The van der Waals surface area contributed by atoms with E-state index in [1.54, 1.807) is 18.2 Å². The summed E-state index contributed by atoms with van der Waals surface area (Å²) < 4.78 is 13.6. The second kappa shape index (κ2) is 5.75. The Morgan fingerprint density at radius 3 is 2.95 bits per heavy atom. The second-order valence-electron chi connectivity index (χ2n) is 3.99. The van der Waals surface area contributed by atoms with Crippen LogP contribution < -0.4 is 5.32 Å². The van der Waals surface area contributed by atoms with Gasteiger partial charge in [0, 0.05) is 10.9 Å². The van der Waals surface area contributed by atoms with Crippen molar-refractivity contribution in [1.82, 2.24) is 10.3 Å². The molecule has 19 heavy (non-hydrogen) atoms. The van der Waals surface area contributed by atoms with Gasteiger partial charge >= 0.3 is 0 Å². The molecule has 0 spiro atoms. The lowest BCUT2D eigenvalue weighted by molar-refractivity contribution is -0.117. The van der Waals surface area contributed by atoms with Crippen LogP contribution in [0.25, 0.3) is 10.6 Å². The Balaban J connectivity index is 2.22. The standard InChI is InChI=1S/C14H13FN2OS/c1-3-13(18)16-9(2)12-8-19-14(17-12)10-6-4-5-7-11(10)15/h3-9H,1H2,2H3,(H,16,18). The van der Waals surface area contributed by atoms with Crippen molar-refractivity contribution in [3.8, 4) is 10.6 Å². The molecule has 1 atom stereocenters. The summed E-state index contributed by atoms with van der Waals surface area (Å²) in [5.74, 6) is -0.556. The fourth-order valence-corrected chi connectivity index (χ4v) is 2.53. The Kier molecular flexibility index (Phi) is 4.06. The van der Waals surface area contributed by atoms with E-state index in [-0.39, 0.29) is 17.8 Å². The van der Waals surface area contributed by atoms with Crippen molar-refractivity contribution < 1.29 is 9.18 Å². The third-order valence-corrected chi connectivity index (χ3v) is 3.51. The van der Waals surface area contributed by atoms with Crippen LogP contribution in [0.5, 0.6) is 0 Å². The summed E-state index contributed by atoms with van der Waals surface area (Å²) in [6.07, 6.45) is 1.21. The predicted octanol–water partition coefficient (Wildman–Crippen LogP) is 3.31. The highest BCUT2D eigenvalue weighted by atomic mass is 32.1. The highest BCUT2D eigenvalue weighted by molar-refractivity contribution is 7.13. The fraction of sp³-hybridized carbons (Fsp3) is 0.143. The first-order valence-corrected chi connectivity index (χ1v) is 6.63. The zero-order chi connectivity index (χ0) is 13.8. The summed E-state index contributed by atoms with van der Waals surface area (Å²) in [5, 5.41) is 5.14. The molecule has 3 nitrogen and oxygen atoms in total. The molecule has 0 bridgehead atoms. The molecular weight excluding hydrogens is 263 g/mol. The van der Waals surface area contributed by atoms with E-state index in [9.17, 15) is 9.18 Å². The van der Waals surface area contributed by atoms with Crippen LogP contribution in [-0.2, 0) is 4.79 Å². The Morgan fingerprint density at radius 2 is 2.26 bits per heavy atom. The number of benzene rings is 1. The van der Waals surface area contributed by atoms with Crippen molar-refractivity contribution >= 4 is 17.2 Å². The lowest BCUT2D eigenvalue weighted by atomic mass is 10.2. The number of amides is 1. The summed E-state index contributed by atoms with van der Waals surface area (Å²) in [7, 11) is 0. The smallest absolute Gasteiger partial charge is 0.243 e. The molecule has 1 heterocycles. The summed E-state index contributed by atoms with van der Waals surface area (Å²) in [5.41, 5.74) is 1.18. The van der Waals surface area contributed by atoms with Crippen LogP contribution in [0.4, 0.5) is 4.39 Å². The Morgan fingerprint density at radius 1 is 1.53 bits per heavy atom. The molecule has 98 valence electrons. The third-order valence-electron chi connectivity index (χ3n) is 2.61. The topological polar surface area (TPSA) is 42.0 Å². The molecule has 1 amide bonds. The largest absolute Gasteiger partial charge is 0.344 e. The van der Waals surface area contributed by atoms with Gasteiger partial charge < -0.3 is 5.32 Å². The molecule has 0 aliphatic rings. The lowest BCUT2D eigenvalue weighted by Gasteiger charge is -2.09. The minimum Gasteiger partial charge on any atom is -0.344 e. The number of nitrogens with zero attached hydrogens (tertiary/aromatic N) is 1. The highest BCUT2D eigenvalue weighted by Crippen LogP contribution is 2.28. The number of nitrogens with one attached hydrogen (secondary N) is 1. The molecule has 0 aliphatic heterocycles. The lowest BCUT2D eigenvalue weighted by Crippen LogP contribution is -2.24. The van der Waals surface area contributed by atoms with Gasteiger partial charge in [-0.1, -0.05) is 18.7 Å². The minimum absolute atomic E-state index is 0.234. The maximum absolute atomic E-state index is 13.6. The monoisotopic (exact) mass is 276 g/mol. The molecule has 2 aromatic rings. The number of halogens is 1. The molecular formula is C14H13FN2OS. The van der Waals surface area contributed by atoms with Crippen LogP contribution in [0.15, 0.2) is 42.3 Å². The molecule has 2 rings (SSSR count). The number of hydrogen-bond donors (Lipinski definition) is 1. The van der Waals surface area contributed by atoms with Crippen LogP contribution in [0.3, 0.4) is 0 Å². The molecule has 0 radical (unpaired) electrons. The zero-order valence-electron chi connectivity index (χ0n) is 10.4. The molecule has 5 heteroatoms. The Hall–Kier alpha value is -2.01. The first-order chi connectivity index (χ1) is 9.11. The van der Waals surface area contributed by atoms with Crippen molar-refractivity contribution in [1.29, 1.82) is 0 Å². The minimum atomic E-state index is -0.300. The SMILES string of the molecule is C=CC(=O)NC(C)c1csc(-c2ccccc2F)n1. The van der Waals surface area contributed by atoms with Crippen LogP contribution in [0, 0.1) is 5.82 Å². The molecule has 1 aromatic carbocycles. The van der Waals surface area contributed by atoms with E-state index in [1.807, 2.05) is 12.3 Å². The number of carbonyl (C=O) groups excluding carboxylic acids is 1. The quantitative estimate of drug-likeness (QED) is 0.870. The van der Waals surface area contributed by atoms with Crippen LogP contribution >= 0.6 is 11.3 Å². The number of hydrogen-bond acceptors (Lipinski definition) is 3. The summed E-state index contributed by atoms with van der Waals surface area (Å²) in [4.78, 5) is 15.6. The van der Waals surface area contributed by atoms with Gasteiger partial charge in [0.05, 0.1) is 11.7 Å². The molecule has 1 aromatic heterocycles. The summed E-state index contributed by atoms with van der Waals surface area (Å²) in [6.45, 7) is 5.21. The van der Waals surface area contributed by atoms with Gasteiger partial charge in [-0.25, -0.2) is 9.37 Å². The number of thiazole rings is 1. The number of carbonyl (C=O) groups is 1. The third kappa shape index (κ3) is 3.06. The molecule has 1 unspecified atom stereocenters. The highest BCUT2D eigenvalue weighted by Gasteiger charge is 2.14. The van der Waals surface area contributed by atoms with E-state index in [0.29, 0.717) is 16.3 Å². The van der Waals surface area contributed by atoms with Crippen molar-refractivity contribution in [2.24, 2.45) is 0 Å². The van der Waals surface area contributed by atoms with Gasteiger partial charge in [-0.05, 0) is 25.1 Å². The second-order valence-corrected chi connectivity index (χ2v) is 4.85. The van der Waals surface area contributed by atoms with Crippen molar-refractivity contribution in [2.45, 2.75) is 13.0 Å². The van der Waals surface area contributed by atoms with Crippen LogP contribution in [0.1, 0.15) is 18.7 Å². The van der Waals surface area contributed by atoms with E-state index in [0.717, 1.165) is 0 Å². The first kappa shape index (κ1) is 13.4. The zero-order valence-corrected chi connectivity index (χ0v) is 11.2. The maximum Gasteiger partial charge on any atom is 0.243 e. The number of rotatable bonds is 4. The van der Waals surface area contributed by atoms with Gasteiger partial charge in [-0.2, -0.15) is 0 Å². The van der Waals surface area contributed by atoms with Crippen molar-refractivity contribution in [3.05, 3.63) is 53.8 Å². The van der Waals surface area contributed by atoms with Gasteiger partial charge in [0.1, 0.15) is 10.8 Å².